The van der Waals surface area contributed by atoms with Crippen molar-refractivity contribution in [2.45, 2.75) is 26.2 Å². The van der Waals surface area contributed by atoms with E-state index < -0.39 is 5.97 Å². The molecule has 0 atom stereocenters. The van der Waals surface area contributed by atoms with Crippen LogP contribution in [0.15, 0.2) is 48.7 Å². The minimum atomic E-state index is -0.978. The lowest BCUT2D eigenvalue weighted by Crippen LogP contribution is -2.00. The highest BCUT2D eigenvalue weighted by atomic mass is 16.5. The van der Waals surface area contributed by atoms with Crippen molar-refractivity contribution in [2.24, 2.45) is 0 Å². The number of rotatable bonds is 7. The number of hydrogen-bond donors (Lipinski definition) is 1. The Hall–Kier alpha value is -3.72. The summed E-state index contributed by atoms with van der Waals surface area (Å²) in [5.41, 5.74) is 4.30. The van der Waals surface area contributed by atoms with Crippen LogP contribution < -0.4 is 4.74 Å². The van der Waals surface area contributed by atoms with E-state index in [9.17, 15) is 10.1 Å². The van der Waals surface area contributed by atoms with Gasteiger partial charge in [0.15, 0.2) is 0 Å². The maximum atomic E-state index is 11.2. The van der Waals surface area contributed by atoms with Gasteiger partial charge in [0.05, 0.1) is 35.3 Å². The van der Waals surface area contributed by atoms with E-state index in [-0.39, 0.29) is 5.56 Å². The zero-order valence-corrected chi connectivity index (χ0v) is 16.3. The highest BCUT2D eigenvalue weighted by Crippen LogP contribution is 2.32. The number of aromatic nitrogens is 2. The van der Waals surface area contributed by atoms with Gasteiger partial charge in [-0.1, -0.05) is 25.5 Å². The Labute approximate surface area is 169 Å². The van der Waals surface area contributed by atoms with Crippen molar-refractivity contribution in [2.75, 3.05) is 7.11 Å². The Bertz CT molecular complexity index is 1070. The third-order valence-electron chi connectivity index (χ3n) is 4.61. The molecule has 146 valence electrons. The van der Waals surface area contributed by atoms with Gasteiger partial charge in [-0.15, -0.1) is 0 Å². The number of ether oxygens (including phenoxy) is 1. The highest BCUT2D eigenvalue weighted by Gasteiger charge is 2.15. The van der Waals surface area contributed by atoms with Crippen LogP contribution in [-0.4, -0.2) is 28.2 Å². The minimum Gasteiger partial charge on any atom is -0.495 e. The molecule has 2 aromatic carbocycles. The smallest absolute Gasteiger partial charge is 0.335 e. The number of aryl methyl sites for hydroxylation is 1. The van der Waals surface area contributed by atoms with Gasteiger partial charge < -0.3 is 9.84 Å². The van der Waals surface area contributed by atoms with Crippen molar-refractivity contribution in [3.8, 4) is 34.3 Å². The number of carbonyl (C=O) groups is 1. The molecule has 1 heterocycles. The summed E-state index contributed by atoms with van der Waals surface area (Å²) in [4.78, 5) is 20.6. The average molecular weight is 387 g/mol. The summed E-state index contributed by atoms with van der Waals surface area (Å²) in [5.74, 6) is -0.482. The van der Waals surface area contributed by atoms with E-state index in [1.54, 1.807) is 42.6 Å². The van der Waals surface area contributed by atoms with Crippen molar-refractivity contribution >= 4 is 5.97 Å². The van der Waals surface area contributed by atoms with Gasteiger partial charge in [-0.05, 0) is 43.2 Å². The number of nitriles is 1. The first-order valence-corrected chi connectivity index (χ1v) is 9.35. The van der Waals surface area contributed by atoms with Gasteiger partial charge in [-0.3, -0.25) is 4.98 Å². The standard InChI is InChI=1S/C23H21N3O3/c1-3-4-5-19-14-25-21(17-10-11-20(29-2)18(12-17)13-24)22(26-19)15-6-8-16(9-7-15)23(27)28/h6-12,14H,3-5H2,1-2H3,(H,27,28). The molecule has 0 bridgehead atoms. The number of nitrogens with zero attached hydrogens (tertiary/aromatic N) is 3. The van der Waals surface area contributed by atoms with E-state index >= 15 is 0 Å². The van der Waals surface area contributed by atoms with E-state index in [2.05, 4.69) is 18.0 Å². The van der Waals surface area contributed by atoms with E-state index in [0.717, 1.165) is 36.1 Å². The van der Waals surface area contributed by atoms with Crippen LogP contribution in [0.2, 0.25) is 0 Å². The first-order chi connectivity index (χ1) is 14.1. The predicted octanol–water partition coefficient (Wildman–Crippen LogP) is 4.73. The third kappa shape index (κ3) is 4.41. The second-order valence-corrected chi connectivity index (χ2v) is 6.57. The van der Waals surface area contributed by atoms with E-state index in [1.165, 1.54) is 7.11 Å². The first-order valence-electron chi connectivity index (χ1n) is 9.35. The molecular formula is C23H21N3O3. The Morgan fingerprint density at radius 2 is 1.86 bits per heavy atom. The van der Waals surface area contributed by atoms with Crippen molar-refractivity contribution in [1.29, 1.82) is 5.26 Å². The number of unbranched alkanes of at least 4 members (excludes halogenated alkanes) is 1. The van der Waals surface area contributed by atoms with Gasteiger partial charge >= 0.3 is 5.97 Å². The maximum absolute atomic E-state index is 11.2. The lowest BCUT2D eigenvalue weighted by molar-refractivity contribution is 0.0697. The Balaban J connectivity index is 2.14. The molecule has 0 amide bonds. The van der Waals surface area contributed by atoms with Crippen LogP contribution >= 0.6 is 0 Å². The summed E-state index contributed by atoms with van der Waals surface area (Å²) in [6.45, 7) is 2.12. The number of hydrogen-bond acceptors (Lipinski definition) is 5. The molecule has 0 aliphatic heterocycles. The number of carboxylic acids is 1. The lowest BCUT2D eigenvalue weighted by Gasteiger charge is -2.12. The van der Waals surface area contributed by atoms with E-state index in [1.807, 2.05) is 6.07 Å². The van der Waals surface area contributed by atoms with Crippen LogP contribution in [0.5, 0.6) is 5.75 Å². The van der Waals surface area contributed by atoms with Gasteiger partial charge in [0.1, 0.15) is 11.8 Å². The SMILES string of the molecule is CCCCc1cnc(-c2ccc(OC)c(C#N)c2)c(-c2ccc(C(=O)O)cc2)n1. The van der Waals surface area contributed by atoms with Gasteiger partial charge in [0.2, 0.25) is 0 Å². The molecule has 6 nitrogen and oxygen atoms in total. The molecular weight excluding hydrogens is 366 g/mol. The third-order valence-corrected chi connectivity index (χ3v) is 4.61. The van der Waals surface area contributed by atoms with Gasteiger partial charge in [0, 0.05) is 17.3 Å². The van der Waals surface area contributed by atoms with E-state index in [0.29, 0.717) is 22.7 Å². The molecule has 0 fully saturated rings. The Morgan fingerprint density at radius 1 is 1.14 bits per heavy atom. The van der Waals surface area contributed by atoms with Crippen molar-refractivity contribution in [3.63, 3.8) is 0 Å². The van der Waals surface area contributed by atoms with Crippen LogP contribution in [0, 0.1) is 11.3 Å². The molecule has 1 aromatic heterocycles. The van der Waals surface area contributed by atoms with Crippen LogP contribution in [0.1, 0.15) is 41.4 Å². The van der Waals surface area contributed by atoms with Gasteiger partial charge in [-0.2, -0.15) is 5.26 Å². The van der Waals surface area contributed by atoms with Crippen molar-refractivity contribution in [1.82, 2.24) is 9.97 Å². The summed E-state index contributed by atoms with van der Waals surface area (Å²) >= 11 is 0. The molecule has 3 rings (SSSR count). The minimum absolute atomic E-state index is 0.210. The molecule has 29 heavy (non-hydrogen) atoms. The Kier molecular flexibility index (Phi) is 6.20. The summed E-state index contributed by atoms with van der Waals surface area (Å²) in [6, 6.07) is 14.0. The second kappa shape index (κ2) is 8.98. The summed E-state index contributed by atoms with van der Waals surface area (Å²) in [7, 11) is 1.52. The number of carboxylic acid groups (broad SMARTS) is 1. The van der Waals surface area contributed by atoms with Crippen LogP contribution in [0.4, 0.5) is 0 Å². The van der Waals surface area contributed by atoms with Crippen molar-refractivity contribution in [3.05, 3.63) is 65.5 Å². The fourth-order valence-electron chi connectivity index (χ4n) is 3.03. The first kappa shape index (κ1) is 20.0. The molecule has 0 spiro atoms. The summed E-state index contributed by atoms with van der Waals surface area (Å²) in [5, 5.41) is 18.6. The molecule has 0 saturated heterocycles. The molecule has 6 heteroatoms. The van der Waals surface area contributed by atoms with Crippen LogP contribution in [0.25, 0.3) is 22.5 Å². The quantitative estimate of drug-likeness (QED) is 0.629. The van der Waals surface area contributed by atoms with E-state index in [4.69, 9.17) is 14.8 Å². The van der Waals surface area contributed by atoms with Crippen LogP contribution in [0.3, 0.4) is 0 Å². The molecule has 0 aliphatic rings. The largest absolute Gasteiger partial charge is 0.495 e. The predicted molar refractivity (Wildman–Crippen MR) is 110 cm³/mol. The maximum Gasteiger partial charge on any atom is 0.335 e. The molecule has 0 unspecified atom stereocenters. The van der Waals surface area contributed by atoms with Gasteiger partial charge in [0.25, 0.3) is 0 Å². The fraction of sp³-hybridized carbons (Fsp3) is 0.217. The number of benzene rings is 2. The topological polar surface area (TPSA) is 96.1 Å². The molecule has 0 saturated carbocycles. The molecule has 1 N–H and O–H groups in total. The van der Waals surface area contributed by atoms with Crippen LogP contribution in [-0.2, 0) is 6.42 Å². The molecule has 0 radical (unpaired) electrons. The van der Waals surface area contributed by atoms with Gasteiger partial charge in [-0.25, -0.2) is 9.78 Å². The fourth-order valence-corrected chi connectivity index (χ4v) is 3.03. The monoisotopic (exact) mass is 387 g/mol. The normalized spacial score (nSPS) is 10.4. The Morgan fingerprint density at radius 3 is 2.48 bits per heavy atom. The zero-order chi connectivity index (χ0) is 20.8. The number of methoxy groups -OCH3 is 1. The summed E-state index contributed by atoms with van der Waals surface area (Å²) in [6.07, 6.45) is 4.63. The number of aromatic carboxylic acids is 1. The molecule has 3 aromatic rings. The average Bonchev–Trinajstić information content (AvgIpc) is 2.77. The zero-order valence-electron chi connectivity index (χ0n) is 16.3. The highest BCUT2D eigenvalue weighted by molar-refractivity contribution is 5.89. The molecule has 0 aliphatic carbocycles. The van der Waals surface area contributed by atoms with Crippen molar-refractivity contribution < 1.29 is 14.6 Å². The summed E-state index contributed by atoms with van der Waals surface area (Å²) < 4.78 is 5.23. The lowest BCUT2D eigenvalue weighted by atomic mass is 10.0. The second-order valence-electron chi connectivity index (χ2n) is 6.57.